The number of nitrogens with two attached hydrogens (primary N) is 1. The summed E-state index contributed by atoms with van der Waals surface area (Å²) in [5.74, 6) is -0.113. The van der Waals surface area contributed by atoms with Crippen LogP contribution in [0.5, 0.6) is 0 Å². The van der Waals surface area contributed by atoms with Crippen LogP contribution in [0.4, 0.5) is 5.82 Å². The van der Waals surface area contributed by atoms with Crippen LogP contribution in [-0.4, -0.2) is 30.1 Å². The number of carbonyl (C=O) groups excluding carboxylic acids is 1. The highest BCUT2D eigenvalue weighted by atomic mass is 35.5. The van der Waals surface area contributed by atoms with Gasteiger partial charge in [0.2, 0.25) is 0 Å². The number of anilines is 1. The first kappa shape index (κ1) is 20.7. The number of benzene rings is 2. The van der Waals surface area contributed by atoms with Gasteiger partial charge >= 0.3 is 0 Å². The number of amides is 1. The fraction of sp³-hybridized carbons (Fsp3) is 0.0870. The van der Waals surface area contributed by atoms with E-state index in [2.05, 4.69) is 20.4 Å². The Morgan fingerprint density at radius 2 is 1.91 bits per heavy atom. The maximum Gasteiger partial charge on any atom is 0.266 e. The topological polar surface area (TPSA) is 120 Å². The molecule has 5 rings (SSSR count). The molecular weight excluding hydrogens is 442 g/mol. The SMILES string of the molecule is CC(NC(=O)c1c(N)nn2cccnc12)c1nc2c(Cl)cccc2c(=O)n1-c1ccccc1. The molecule has 1 unspecified atom stereocenters. The van der Waals surface area contributed by atoms with Gasteiger partial charge in [0.1, 0.15) is 11.4 Å². The van der Waals surface area contributed by atoms with E-state index in [4.69, 9.17) is 17.3 Å². The smallest absolute Gasteiger partial charge is 0.266 e. The predicted octanol–water partition coefficient (Wildman–Crippen LogP) is 3.16. The number of carbonyl (C=O) groups is 1. The Bertz CT molecular complexity index is 1580. The molecule has 0 aliphatic carbocycles. The summed E-state index contributed by atoms with van der Waals surface area (Å²) in [7, 11) is 0. The molecular formula is C23H18ClN7O2. The molecule has 33 heavy (non-hydrogen) atoms. The molecule has 0 aliphatic heterocycles. The first-order valence-electron chi connectivity index (χ1n) is 10.1. The molecule has 0 saturated heterocycles. The first-order chi connectivity index (χ1) is 16.0. The minimum Gasteiger partial charge on any atom is -0.381 e. The van der Waals surface area contributed by atoms with Gasteiger partial charge in [-0.05, 0) is 37.3 Å². The fourth-order valence-electron chi connectivity index (χ4n) is 3.76. The average Bonchev–Trinajstić information content (AvgIpc) is 3.15. The second-order valence-corrected chi connectivity index (χ2v) is 7.83. The van der Waals surface area contributed by atoms with Crippen LogP contribution in [0.25, 0.3) is 22.2 Å². The van der Waals surface area contributed by atoms with Crippen LogP contribution in [0.3, 0.4) is 0 Å². The van der Waals surface area contributed by atoms with Crippen molar-refractivity contribution < 1.29 is 4.79 Å². The van der Waals surface area contributed by atoms with Gasteiger partial charge in [0.25, 0.3) is 11.5 Å². The number of nitrogens with one attached hydrogen (secondary N) is 1. The summed E-state index contributed by atoms with van der Waals surface area (Å²) in [6, 6.07) is 15.1. The predicted molar refractivity (Wildman–Crippen MR) is 126 cm³/mol. The summed E-state index contributed by atoms with van der Waals surface area (Å²) in [6.07, 6.45) is 3.20. The highest BCUT2D eigenvalue weighted by Gasteiger charge is 2.24. The third-order valence-electron chi connectivity index (χ3n) is 5.27. The number of para-hydroxylation sites is 2. The van der Waals surface area contributed by atoms with Crippen molar-refractivity contribution in [1.82, 2.24) is 29.5 Å². The molecule has 5 aromatic rings. The number of nitrogen functional groups attached to an aromatic ring is 1. The molecule has 9 nitrogen and oxygen atoms in total. The Kier molecular flexibility index (Phi) is 5.02. The highest BCUT2D eigenvalue weighted by molar-refractivity contribution is 6.35. The van der Waals surface area contributed by atoms with Crippen molar-refractivity contribution in [3.8, 4) is 5.69 Å². The van der Waals surface area contributed by atoms with Crippen molar-refractivity contribution in [3.63, 3.8) is 0 Å². The van der Waals surface area contributed by atoms with Gasteiger partial charge in [0, 0.05) is 12.4 Å². The lowest BCUT2D eigenvalue weighted by Gasteiger charge is -2.20. The van der Waals surface area contributed by atoms with Gasteiger partial charge in [-0.15, -0.1) is 5.10 Å². The van der Waals surface area contributed by atoms with Crippen LogP contribution in [0.1, 0.15) is 29.1 Å². The number of aromatic nitrogens is 5. The maximum atomic E-state index is 13.5. The van der Waals surface area contributed by atoms with Gasteiger partial charge in [-0.2, -0.15) is 0 Å². The molecule has 10 heteroatoms. The van der Waals surface area contributed by atoms with Crippen LogP contribution >= 0.6 is 11.6 Å². The van der Waals surface area contributed by atoms with E-state index in [1.54, 1.807) is 55.7 Å². The molecule has 0 spiro atoms. The zero-order valence-electron chi connectivity index (χ0n) is 17.4. The molecule has 164 valence electrons. The molecule has 3 N–H and O–H groups in total. The summed E-state index contributed by atoms with van der Waals surface area (Å²) in [5, 5.41) is 7.73. The number of hydrogen-bond donors (Lipinski definition) is 2. The summed E-state index contributed by atoms with van der Waals surface area (Å²) in [6.45, 7) is 1.73. The van der Waals surface area contributed by atoms with Gasteiger partial charge in [0.15, 0.2) is 11.5 Å². The number of hydrogen-bond acceptors (Lipinski definition) is 6. The fourth-order valence-corrected chi connectivity index (χ4v) is 3.98. The lowest BCUT2D eigenvalue weighted by molar-refractivity contribution is 0.0940. The van der Waals surface area contributed by atoms with E-state index < -0.39 is 11.9 Å². The summed E-state index contributed by atoms with van der Waals surface area (Å²) in [4.78, 5) is 35.5. The average molecular weight is 460 g/mol. The first-order valence-corrected chi connectivity index (χ1v) is 10.5. The number of rotatable bonds is 4. The van der Waals surface area contributed by atoms with Gasteiger partial charge < -0.3 is 11.1 Å². The molecule has 2 aromatic carbocycles. The minimum absolute atomic E-state index is 0.0494. The van der Waals surface area contributed by atoms with Crippen molar-refractivity contribution in [3.05, 3.63) is 93.8 Å². The van der Waals surface area contributed by atoms with Gasteiger partial charge in [-0.25, -0.2) is 14.5 Å². The molecule has 1 amide bonds. The van der Waals surface area contributed by atoms with Crippen molar-refractivity contribution in [2.45, 2.75) is 13.0 Å². The third-order valence-corrected chi connectivity index (χ3v) is 5.58. The molecule has 0 fully saturated rings. The van der Waals surface area contributed by atoms with E-state index in [1.165, 1.54) is 9.08 Å². The van der Waals surface area contributed by atoms with Crippen LogP contribution in [0.15, 0.2) is 71.8 Å². The second kappa shape index (κ2) is 8.03. The Labute approximate surface area is 192 Å². The van der Waals surface area contributed by atoms with Crippen molar-refractivity contribution in [1.29, 1.82) is 0 Å². The number of nitrogens with zero attached hydrogens (tertiary/aromatic N) is 5. The van der Waals surface area contributed by atoms with Gasteiger partial charge in [-0.1, -0.05) is 35.9 Å². The Morgan fingerprint density at radius 3 is 2.70 bits per heavy atom. The molecule has 0 aliphatic rings. The molecule has 1 atom stereocenters. The monoisotopic (exact) mass is 459 g/mol. The maximum absolute atomic E-state index is 13.5. The molecule has 3 aromatic heterocycles. The number of halogens is 1. The van der Waals surface area contributed by atoms with E-state index in [9.17, 15) is 9.59 Å². The van der Waals surface area contributed by atoms with E-state index in [0.29, 0.717) is 33.1 Å². The largest absolute Gasteiger partial charge is 0.381 e. The van der Waals surface area contributed by atoms with Crippen molar-refractivity contribution >= 4 is 39.9 Å². The molecule has 0 bridgehead atoms. The summed E-state index contributed by atoms with van der Waals surface area (Å²) >= 11 is 6.34. The molecule has 0 saturated carbocycles. The van der Waals surface area contributed by atoms with E-state index >= 15 is 0 Å². The number of fused-ring (bicyclic) bond motifs is 2. The third kappa shape index (κ3) is 3.48. The molecule has 3 heterocycles. The van der Waals surface area contributed by atoms with Gasteiger partial charge in [0.05, 0.1) is 27.7 Å². The quantitative estimate of drug-likeness (QED) is 0.426. The van der Waals surface area contributed by atoms with E-state index in [0.717, 1.165) is 0 Å². The lowest BCUT2D eigenvalue weighted by Crippen LogP contribution is -2.33. The summed E-state index contributed by atoms with van der Waals surface area (Å²) in [5.41, 5.74) is 7.15. The normalized spacial score (nSPS) is 12.2. The standard InChI is InChI=1S/C23H18ClN7O2/c1-13(27-22(32)17-19(25)29-30-12-6-11-26-21(17)30)20-28-18-15(9-5-10-16(18)24)23(33)31(20)14-7-3-2-4-8-14/h2-13H,1H3,(H2,25,29)(H,27,32). The minimum atomic E-state index is -0.677. The zero-order chi connectivity index (χ0) is 23.1. The van der Waals surface area contributed by atoms with Crippen molar-refractivity contribution in [2.75, 3.05) is 5.73 Å². The second-order valence-electron chi connectivity index (χ2n) is 7.43. The Hall–Kier alpha value is -4.24. The Balaban J connectivity index is 1.64. The van der Waals surface area contributed by atoms with Gasteiger partial charge in [-0.3, -0.25) is 14.2 Å². The summed E-state index contributed by atoms with van der Waals surface area (Å²) < 4.78 is 2.91. The highest BCUT2D eigenvalue weighted by Crippen LogP contribution is 2.24. The molecule has 0 radical (unpaired) electrons. The van der Waals surface area contributed by atoms with Crippen LogP contribution in [0, 0.1) is 0 Å². The lowest BCUT2D eigenvalue weighted by atomic mass is 10.2. The van der Waals surface area contributed by atoms with E-state index in [1.807, 2.05) is 18.2 Å². The zero-order valence-corrected chi connectivity index (χ0v) is 18.2. The van der Waals surface area contributed by atoms with E-state index in [-0.39, 0.29) is 16.9 Å². The van der Waals surface area contributed by atoms with Crippen molar-refractivity contribution in [2.24, 2.45) is 0 Å². The van der Waals surface area contributed by atoms with Crippen LogP contribution in [-0.2, 0) is 0 Å². The van der Waals surface area contributed by atoms with Crippen LogP contribution < -0.4 is 16.6 Å². The van der Waals surface area contributed by atoms with Crippen LogP contribution in [0.2, 0.25) is 5.02 Å². The Morgan fingerprint density at radius 1 is 1.12 bits per heavy atom.